The van der Waals surface area contributed by atoms with E-state index in [9.17, 15) is 4.79 Å². The number of fused-ring (bicyclic) bond motifs is 1. The molecule has 0 radical (unpaired) electrons. The van der Waals surface area contributed by atoms with Crippen LogP contribution in [0, 0.1) is 5.92 Å². The summed E-state index contributed by atoms with van der Waals surface area (Å²) in [5, 5.41) is 0.623. The van der Waals surface area contributed by atoms with Crippen LogP contribution < -0.4 is 10.6 Å². The van der Waals surface area contributed by atoms with Crippen molar-refractivity contribution in [2.24, 2.45) is 11.7 Å². The molecule has 3 aromatic rings. The third-order valence-electron chi connectivity index (χ3n) is 4.67. The lowest BCUT2D eigenvalue weighted by Gasteiger charge is -2.33. The zero-order chi connectivity index (χ0) is 18.1. The van der Waals surface area contributed by atoms with Crippen LogP contribution in [-0.4, -0.2) is 38.3 Å². The average molecular weight is 371 g/mol. The van der Waals surface area contributed by atoms with Crippen molar-refractivity contribution in [1.29, 1.82) is 0 Å². The second-order valence-corrected chi connectivity index (χ2v) is 7.02. The molecule has 4 heterocycles. The summed E-state index contributed by atoms with van der Waals surface area (Å²) in [6, 6.07) is 5.55. The Labute approximate surface area is 155 Å². The summed E-state index contributed by atoms with van der Waals surface area (Å²) in [7, 11) is 0. The van der Waals surface area contributed by atoms with Gasteiger partial charge in [-0.3, -0.25) is 9.20 Å². The van der Waals surface area contributed by atoms with Gasteiger partial charge in [-0.2, -0.15) is 0 Å². The van der Waals surface area contributed by atoms with E-state index in [0.29, 0.717) is 17.3 Å². The van der Waals surface area contributed by atoms with E-state index in [4.69, 9.17) is 22.3 Å². The van der Waals surface area contributed by atoms with Gasteiger partial charge in [0, 0.05) is 31.9 Å². The summed E-state index contributed by atoms with van der Waals surface area (Å²) in [6.07, 6.45) is 7.75. The van der Waals surface area contributed by atoms with Crippen molar-refractivity contribution in [3.05, 3.63) is 41.8 Å². The van der Waals surface area contributed by atoms with Crippen molar-refractivity contribution < 1.29 is 4.79 Å². The molecule has 0 aliphatic carbocycles. The number of halogens is 1. The highest BCUT2D eigenvalue weighted by atomic mass is 35.5. The predicted molar refractivity (Wildman–Crippen MR) is 100.0 cm³/mol. The number of anilines is 1. The fraction of sp³-hybridized carbons (Fsp3) is 0.333. The van der Waals surface area contributed by atoms with Gasteiger partial charge in [-0.15, -0.1) is 0 Å². The number of nitrogens with zero attached hydrogens (tertiary/aromatic N) is 5. The second-order valence-electron chi connectivity index (χ2n) is 6.58. The van der Waals surface area contributed by atoms with Crippen LogP contribution in [0.25, 0.3) is 17.2 Å². The molecule has 1 aliphatic heterocycles. The molecule has 0 spiro atoms. The van der Waals surface area contributed by atoms with Crippen molar-refractivity contribution in [1.82, 2.24) is 19.4 Å². The molecule has 7 nitrogen and oxygen atoms in total. The molecule has 0 saturated carbocycles. The molecule has 0 aromatic carbocycles. The lowest BCUT2D eigenvalue weighted by molar-refractivity contribution is -0.118. The maximum absolute atomic E-state index is 11.2. The normalized spacial score (nSPS) is 17.6. The van der Waals surface area contributed by atoms with E-state index >= 15 is 0 Å². The third kappa shape index (κ3) is 3.35. The van der Waals surface area contributed by atoms with Crippen LogP contribution in [0.5, 0.6) is 0 Å². The van der Waals surface area contributed by atoms with E-state index in [1.807, 2.05) is 16.5 Å². The summed E-state index contributed by atoms with van der Waals surface area (Å²) in [5.74, 6) is 1.47. The molecule has 1 unspecified atom stereocenters. The summed E-state index contributed by atoms with van der Waals surface area (Å²) in [5.41, 5.74) is 6.93. The first-order valence-electron chi connectivity index (χ1n) is 8.59. The van der Waals surface area contributed by atoms with E-state index in [1.165, 1.54) is 0 Å². The third-order valence-corrected chi connectivity index (χ3v) is 4.90. The zero-order valence-corrected chi connectivity index (χ0v) is 14.9. The highest BCUT2D eigenvalue weighted by molar-refractivity contribution is 6.30. The first-order chi connectivity index (χ1) is 12.6. The zero-order valence-electron chi connectivity index (χ0n) is 14.2. The summed E-state index contributed by atoms with van der Waals surface area (Å²) < 4.78 is 1.88. The van der Waals surface area contributed by atoms with Gasteiger partial charge in [-0.05, 0) is 37.0 Å². The van der Waals surface area contributed by atoms with Gasteiger partial charge in [0.15, 0.2) is 5.82 Å². The Kier molecular flexibility index (Phi) is 4.46. The van der Waals surface area contributed by atoms with Crippen molar-refractivity contribution in [3.8, 4) is 11.5 Å². The Bertz CT molecular complexity index is 956. The molecule has 0 bridgehead atoms. The minimum absolute atomic E-state index is 0.247. The van der Waals surface area contributed by atoms with Gasteiger partial charge in [0.05, 0.1) is 11.2 Å². The van der Waals surface area contributed by atoms with Crippen LogP contribution in [0.4, 0.5) is 5.82 Å². The van der Waals surface area contributed by atoms with Gasteiger partial charge in [0.1, 0.15) is 17.2 Å². The summed E-state index contributed by atoms with van der Waals surface area (Å²) in [4.78, 5) is 26.9. The molecule has 1 saturated heterocycles. The molecule has 26 heavy (non-hydrogen) atoms. The smallest absolute Gasteiger partial charge is 0.217 e. The number of piperidine rings is 1. The minimum atomic E-state index is -0.247. The summed E-state index contributed by atoms with van der Waals surface area (Å²) in [6.45, 7) is 1.68. The summed E-state index contributed by atoms with van der Waals surface area (Å²) >= 11 is 6.11. The molecule has 3 aromatic heterocycles. The largest absolute Gasteiger partial charge is 0.370 e. The quantitative estimate of drug-likeness (QED) is 0.762. The Balaban J connectivity index is 1.64. The van der Waals surface area contributed by atoms with Crippen LogP contribution in [-0.2, 0) is 4.79 Å². The Morgan fingerprint density at radius 1 is 1.31 bits per heavy atom. The van der Waals surface area contributed by atoms with Gasteiger partial charge in [0.2, 0.25) is 5.91 Å². The Morgan fingerprint density at radius 3 is 3.04 bits per heavy atom. The number of hydrogen-bond donors (Lipinski definition) is 1. The highest BCUT2D eigenvalue weighted by Gasteiger charge is 2.23. The van der Waals surface area contributed by atoms with Gasteiger partial charge in [-0.1, -0.05) is 11.6 Å². The van der Waals surface area contributed by atoms with Gasteiger partial charge >= 0.3 is 0 Å². The Hall–Kier alpha value is -2.67. The van der Waals surface area contributed by atoms with E-state index in [1.54, 1.807) is 24.7 Å². The van der Waals surface area contributed by atoms with Crippen molar-refractivity contribution in [2.45, 2.75) is 19.3 Å². The minimum Gasteiger partial charge on any atom is -0.370 e. The fourth-order valence-corrected chi connectivity index (χ4v) is 3.65. The maximum Gasteiger partial charge on any atom is 0.217 e. The Morgan fingerprint density at radius 2 is 2.19 bits per heavy atom. The van der Waals surface area contributed by atoms with Gasteiger partial charge in [-0.25, -0.2) is 15.0 Å². The van der Waals surface area contributed by atoms with Gasteiger partial charge in [0.25, 0.3) is 0 Å². The molecule has 134 valence electrons. The molecule has 1 amide bonds. The first kappa shape index (κ1) is 16.8. The van der Waals surface area contributed by atoms with Gasteiger partial charge < -0.3 is 10.6 Å². The maximum atomic E-state index is 11.2. The number of amides is 1. The number of primary amides is 1. The number of rotatable bonds is 4. The molecule has 1 atom stereocenters. The van der Waals surface area contributed by atoms with Crippen LogP contribution in [0.1, 0.15) is 19.3 Å². The number of aromatic nitrogens is 4. The van der Waals surface area contributed by atoms with E-state index < -0.39 is 0 Å². The van der Waals surface area contributed by atoms with Crippen LogP contribution in [0.3, 0.4) is 0 Å². The van der Waals surface area contributed by atoms with Crippen molar-refractivity contribution in [2.75, 3.05) is 18.0 Å². The molecule has 8 heteroatoms. The molecule has 4 rings (SSSR count). The number of nitrogens with two attached hydrogens (primary N) is 1. The molecular formula is C18H19ClN6O. The molecule has 1 aliphatic rings. The van der Waals surface area contributed by atoms with E-state index in [2.05, 4.69) is 14.9 Å². The number of imidazole rings is 1. The number of hydrogen-bond acceptors (Lipinski definition) is 5. The first-order valence-corrected chi connectivity index (χ1v) is 8.97. The second kappa shape index (κ2) is 6.92. The fourth-order valence-electron chi connectivity index (χ4n) is 3.49. The lowest BCUT2D eigenvalue weighted by Crippen LogP contribution is -2.37. The monoisotopic (exact) mass is 370 g/mol. The molecule has 2 N–H and O–H groups in total. The number of pyridine rings is 1. The van der Waals surface area contributed by atoms with Crippen molar-refractivity contribution >= 4 is 29.0 Å². The number of carbonyl (C=O) groups is 1. The molecular weight excluding hydrogens is 352 g/mol. The average Bonchev–Trinajstić information content (AvgIpc) is 3.04. The van der Waals surface area contributed by atoms with Crippen LogP contribution in [0.2, 0.25) is 5.02 Å². The van der Waals surface area contributed by atoms with E-state index in [-0.39, 0.29) is 11.8 Å². The standard InChI is InChI=1S/C18H19ClN6O/c19-13-3-4-16-22-9-14(25(16)11-13)18-21-6-5-17(23-18)24-7-1-2-12(10-24)8-15(20)26/h3-6,9,11-12H,1-2,7-8,10H2,(H2,20,26). The van der Waals surface area contributed by atoms with E-state index in [0.717, 1.165) is 43.1 Å². The predicted octanol–water partition coefficient (Wildman–Crippen LogP) is 2.54. The van der Waals surface area contributed by atoms with Crippen LogP contribution in [0.15, 0.2) is 36.8 Å². The van der Waals surface area contributed by atoms with Crippen LogP contribution >= 0.6 is 11.6 Å². The highest BCUT2D eigenvalue weighted by Crippen LogP contribution is 2.26. The van der Waals surface area contributed by atoms with Crippen molar-refractivity contribution in [3.63, 3.8) is 0 Å². The lowest BCUT2D eigenvalue weighted by atomic mass is 9.94. The molecule has 1 fully saturated rings. The SMILES string of the molecule is NC(=O)CC1CCCN(c2ccnc(-c3cnc4ccc(Cl)cn34)n2)C1. The number of carbonyl (C=O) groups excluding carboxylic acids is 1. The topological polar surface area (TPSA) is 89.4 Å².